The van der Waals surface area contributed by atoms with Gasteiger partial charge in [-0.05, 0) is 38.6 Å². The minimum atomic E-state index is 0.00876. The first-order valence-corrected chi connectivity index (χ1v) is 6.19. The van der Waals surface area contributed by atoms with Gasteiger partial charge in [-0.15, -0.1) is 0 Å². The summed E-state index contributed by atoms with van der Waals surface area (Å²) in [6.45, 7) is 3.79. The summed E-state index contributed by atoms with van der Waals surface area (Å²) in [6.07, 6.45) is 9.35. The summed E-state index contributed by atoms with van der Waals surface area (Å²) in [7, 11) is 0. The van der Waals surface area contributed by atoms with Gasteiger partial charge in [0.1, 0.15) is 5.60 Å². The normalized spacial score (nSPS) is 18.1. The lowest BCUT2D eigenvalue weighted by atomic mass is 9.77. The predicted octanol–water partition coefficient (Wildman–Crippen LogP) is 1.94. The summed E-state index contributed by atoms with van der Waals surface area (Å²) < 4.78 is 7.98. The first-order valence-electron chi connectivity index (χ1n) is 6.19. The number of hydrogen-bond acceptors (Lipinski definition) is 3. The van der Waals surface area contributed by atoms with Crippen LogP contribution in [0.4, 0.5) is 0 Å². The van der Waals surface area contributed by atoms with Crippen molar-refractivity contribution in [3.8, 4) is 5.75 Å². The Hall–Kier alpha value is -1.03. The SMILES string of the molecule is CCCn1cc(OC2(CCN)CCC2)cn1. The first kappa shape index (κ1) is 11.5. The Bertz CT molecular complexity index is 331. The van der Waals surface area contributed by atoms with Gasteiger partial charge in [-0.3, -0.25) is 4.68 Å². The first-order chi connectivity index (χ1) is 7.78. The maximum absolute atomic E-state index is 6.04. The van der Waals surface area contributed by atoms with Crippen molar-refractivity contribution in [3.63, 3.8) is 0 Å². The molecule has 1 fully saturated rings. The van der Waals surface area contributed by atoms with Gasteiger partial charge in [-0.2, -0.15) is 5.10 Å². The van der Waals surface area contributed by atoms with E-state index in [-0.39, 0.29) is 5.60 Å². The lowest BCUT2D eigenvalue weighted by Crippen LogP contribution is -2.44. The molecule has 0 amide bonds. The molecule has 1 saturated carbocycles. The Labute approximate surface area is 96.8 Å². The van der Waals surface area contributed by atoms with Crippen LogP contribution in [0.25, 0.3) is 0 Å². The summed E-state index contributed by atoms with van der Waals surface area (Å²) >= 11 is 0. The van der Waals surface area contributed by atoms with E-state index in [2.05, 4.69) is 12.0 Å². The average molecular weight is 223 g/mol. The van der Waals surface area contributed by atoms with Crippen LogP contribution >= 0.6 is 0 Å². The van der Waals surface area contributed by atoms with E-state index in [9.17, 15) is 0 Å². The second-order valence-electron chi connectivity index (χ2n) is 4.62. The lowest BCUT2D eigenvalue weighted by Gasteiger charge is -2.41. The standard InChI is InChI=1S/C12H21N3O/c1-2-8-15-10-11(9-14-15)16-12(6-7-13)4-3-5-12/h9-10H,2-8,13H2,1H3. The van der Waals surface area contributed by atoms with Gasteiger partial charge in [-0.1, -0.05) is 6.92 Å². The third kappa shape index (κ3) is 2.38. The second kappa shape index (κ2) is 4.87. The maximum Gasteiger partial charge on any atom is 0.158 e. The molecule has 1 aromatic heterocycles. The third-order valence-electron chi connectivity index (χ3n) is 3.26. The van der Waals surface area contributed by atoms with E-state index in [1.807, 2.05) is 17.1 Å². The summed E-state index contributed by atoms with van der Waals surface area (Å²) in [4.78, 5) is 0. The van der Waals surface area contributed by atoms with Crippen molar-refractivity contribution in [2.45, 2.75) is 51.2 Å². The third-order valence-corrected chi connectivity index (χ3v) is 3.26. The van der Waals surface area contributed by atoms with Gasteiger partial charge in [0.2, 0.25) is 0 Å². The number of nitrogens with two attached hydrogens (primary N) is 1. The topological polar surface area (TPSA) is 53.1 Å². The second-order valence-corrected chi connectivity index (χ2v) is 4.62. The number of hydrogen-bond donors (Lipinski definition) is 1. The van der Waals surface area contributed by atoms with Gasteiger partial charge < -0.3 is 10.5 Å². The van der Waals surface area contributed by atoms with Crippen LogP contribution < -0.4 is 10.5 Å². The van der Waals surface area contributed by atoms with Gasteiger partial charge in [-0.25, -0.2) is 0 Å². The van der Waals surface area contributed by atoms with Crippen LogP contribution in [0.5, 0.6) is 5.75 Å². The summed E-state index contributed by atoms with van der Waals surface area (Å²) in [6, 6.07) is 0. The molecule has 0 bridgehead atoms. The molecule has 90 valence electrons. The molecule has 2 rings (SSSR count). The molecule has 1 aliphatic carbocycles. The van der Waals surface area contributed by atoms with Gasteiger partial charge in [0, 0.05) is 6.54 Å². The van der Waals surface area contributed by atoms with Crippen LogP contribution in [0.2, 0.25) is 0 Å². The molecule has 16 heavy (non-hydrogen) atoms. The van der Waals surface area contributed by atoms with Crippen molar-refractivity contribution in [1.82, 2.24) is 9.78 Å². The number of aryl methyl sites for hydroxylation is 1. The van der Waals surface area contributed by atoms with Crippen LogP contribution in [-0.4, -0.2) is 21.9 Å². The summed E-state index contributed by atoms with van der Waals surface area (Å²) in [5, 5.41) is 4.27. The zero-order chi connectivity index (χ0) is 11.4. The van der Waals surface area contributed by atoms with E-state index < -0.39 is 0 Å². The monoisotopic (exact) mass is 223 g/mol. The van der Waals surface area contributed by atoms with Crippen molar-refractivity contribution in [2.75, 3.05) is 6.54 Å². The van der Waals surface area contributed by atoms with Gasteiger partial charge in [0.25, 0.3) is 0 Å². The number of aromatic nitrogens is 2. The van der Waals surface area contributed by atoms with E-state index in [0.29, 0.717) is 6.54 Å². The number of nitrogens with zero attached hydrogens (tertiary/aromatic N) is 2. The van der Waals surface area contributed by atoms with Crippen molar-refractivity contribution in [2.24, 2.45) is 5.73 Å². The van der Waals surface area contributed by atoms with E-state index >= 15 is 0 Å². The molecule has 0 aliphatic heterocycles. The Morgan fingerprint density at radius 3 is 2.94 bits per heavy atom. The highest BCUT2D eigenvalue weighted by Gasteiger charge is 2.38. The molecule has 0 radical (unpaired) electrons. The van der Waals surface area contributed by atoms with Crippen LogP contribution in [0.3, 0.4) is 0 Å². The van der Waals surface area contributed by atoms with E-state index in [0.717, 1.165) is 38.0 Å². The van der Waals surface area contributed by atoms with E-state index in [1.54, 1.807) is 0 Å². The number of rotatable bonds is 6. The minimum absolute atomic E-state index is 0.00876. The lowest BCUT2D eigenvalue weighted by molar-refractivity contribution is -0.0125. The van der Waals surface area contributed by atoms with Crippen molar-refractivity contribution in [3.05, 3.63) is 12.4 Å². The van der Waals surface area contributed by atoms with E-state index in [4.69, 9.17) is 10.5 Å². The maximum atomic E-state index is 6.04. The molecule has 4 nitrogen and oxygen atoms in total. The van der Waals surface area contributed by atoms with Crippen LogP contribution in [0.15, 0.2) is 12.4 Å². The molecule has 1 aliphatic rings. The van der Waals surface area contributed by atoms with Crippen molar-refractivity contribution >= 4 is 0 Å². The summed E-state index contributed by atoms with van der Waals surface area (Å²) in [5.41, 5.74) is 5.64. The zero-order valence-electron chi connectivity index (χ0n) is 9.98. The molecule has 0 unspecified atom stereocenters. The van der Waals surface area contributed by atoms with Gasteiger partial charge >= 0.3 is 0 Å². The molecular weight excluding hydrogens is 202 g/mol. The Morgan fingerprint density at radius 2 is 2.38 bits per heavy atom. The largest absolute Gasteiger partial charge is 0.484 e. The smallest absolute Gasteiger partial charge is 0.158 e. The highest BCUT2D eigenvalue weighted by Crippen LogP contribution is 2.38. The molecule has 4 heteroatoms. The predicted molar refractivity (Wildman–Crippen MR) is 63.4 cm³/mol. The quantitative estimate of drug-likeness (QED) is 0.802. The number of ether oxygens (including phenoxy) is 1. The Kier molecular flexibility index (Phi) is 3.49. The Morgan fingerprint density at radius 1 is 1.56 bits per heavy atom. The molecule has 0 aromatic carbocycles. The zero-order valence-corrected chi connectivity index (χ0v) is 9.98. The van der Waals surface area contributed by atoms with Crippen LogP contribution in [-0.2, 0) is 6.54 Å². The molecular formula is C12H21N3O. The average Bonchev–Trinajstić information content (AvgIpc) is 2.63. The molecule has 1 aromatic rings. The molecule has 2 N–H and O–H groups in total. The van der Waals surface area contributed by atoms with Crippen LogP contribution in [0, 0.1) is 0 Å². The fraction of sp³-hybridized carbons (Fsp3) is 0.750. The molecule has 0 spiro atoms. The van der Waals surface area contributed by atoms with Gasteiger partial charge in [0.05, 0.1) is 12.4 Å². The fourth-order valence-corrected chi connectivity index (χ4v) is 2.24. The van der Waals surface area contributed by atoms with Gasteiger partial charge in [0.15, 0.2) is 5.75 Å². The van der Waals surface area contributed by atoms with Crippen molar-refractivity contribution < 1.29 is 4.74 Å². The van der Waals surface area contributed by atoms with E-state index in [1.165, 1.54) is 6.42 Å². The van der Waals surface area contributed by atoms with Crippen molar-refractivity contribution in [1.29, 1.82) is 0 Å². The molecule has 0 atom stereocenters. The fourth-order valence-electron chi connectivity index (χ4n) is 2.24. The van der Waals surface area contributed by atoms with Crippen LogP contribution in [0.1, 0.15) is 39.0 Å². The summed E-state index contributed by atoms with van der Waals surface area (Å²) in [5.74, 6) is 0.890. The minimum Gasteiger partial charge on any atom is -0.484 e. The highest BCUT2D eigenvalue weighted by molar-refractivity contribution is 5.14. The Balaban J connectivity index is 1.96. The molecule has 1 heterocycles. The highest BCUT2D eigenvalue weighted by atomic mass is 16.5. The molecule has 0 saturated heterocycles.